The Kier molecular flexibility index (Phi) is 6.46. The lowest BCUT2D eigenvalue weighted by Crippen LogP contribution is -2.31. The van der Waals surface area contributed by atoms with E-state index in [-0.39, 0.29) is 24.9 Å². The van der Waals surface area contributed by atoms with Crippen molar-refractivity contribution in [2.75, 3.05) is 0 Å². The predicted molar refractivity (Wildman–Crippen MR) is 101 cm³/mol. The summed E-state index contributed by atoms with van der Waals surface area (Å²) >= 11 is 0. The fourth-order valence-corrected chi connectivity index (χ4v) is 4.25. The lowest BCUT2D eigenvalue weighted by molar-refractivity contribution is 0.101. The number of hydrogen-bond acceptors (Lipinski definition) is 5. The summed E-state index contributed by atoms with van der Waals surface area (Å²) in [5, 5.41) is 0. The third-order valence-electron chi connectivity index (χ3n) is 4.38. The molecular formula is C20H15F4N3O3S. The van der Waals surface area contributed by atoms with E-state index in [9.17, 15) is 30.8 Å². The fraction of sp³-hybridized carbons (Fsp3) is 0.150. The maximum absolute atomic E-state index is 14.3. The zero-order valence-electron chi connectivity index (χ0n) is 16.0. The zero-order chi connectivity index (χ0) is 22.8. The number of rotatable bonds is 7. The summed E-state index contributed by atoms with van der Waals surface area (Å²) in [5.74, 6) is -8.41. The van der Waals surface area contributed by atoms with Crippen LogP contribution in [0.2, 0.25) is 0 Å². The van der Waals surface area contributed by atoms with Gasteiger partial charge in [-0.1, -0.05) is 24.3 Å². The molecule has 0 saturated heterocycles. The number of carbonyl (C=O) groups is 1. The van der Waals surface area contributed by atoms with E-state index in [1.54, 1.807) is 0 Å². The van der Waals surface area contributed by atoms with E-state index in [1.165, 1.54) is 49.9 Å². The molecule has 0 aliphatic rings. The van der Waals surface area contributed by atoms with Gasteiger partial charge in [-0.25, -0.2) is 35.9 Å². The second-order valence-corrected chi connectivity index (χ2v) is 8.48. The fourth-order valence-electron chi connectivity index (χ4n) is 2.77. The quantitative estimate of drug-likeness (QED) is 0.236. The highest BCUT2D eigenvalue weighted by atomic mass is 32.2. The van der Waals surface area contributed by atoms with Crippen molar-refractivity contribution in [3.05, 3.63) is 89.0 Å². The van der Waals surface area contributed by atoms with Gasteiger partial charge in [0.25, 0.3) is 0 Å². The number of Topliss-reactive ketones (excluding diaryl/α,β-unsaturated/α-hetero) is 1. The Hall–Kier alpha value is -3.18. The first kappa shape index (κ1) is 22.5. The average molecular weight is 453 g/mol. The Balaban J connectivity index is 2.06. The molecule has 0 radical (unpaired) electrons. The van der Waals surface area contributed by atoms with Gasteiger partial charge in [0.2, 0.25) is 10.0 Å². The molecule has 3 rings (SSSR count). The van der Waals surface area contributed by atoms with Crippen molar-refractivity contribution in [2.24, 2.45) is 0 Å². The molecule has 0 amide bonds. The maximum atomic E-state index is 14.3. The van der Waals surface area contributed by atoms with Crippen LogP contribution >= 0.6 is 0 Å². The molecule has 6 nitrogen and oxygen atoms in total. The molecule has 31 heavy (non-hydrogen) atoms. The van der Waals surface area contributed by atoms with Crippen molar-refractivity contribution >= 4 is 15.8 Å². The minimum Gasteiger partial charge on any atom is -0.295 e. The van der Waals surface area contributed by atoms with Crippen LogP contribution in [0, 0.1) is 23.3 Å². The third kappa shape index (κ3) is 4.78. The van der Waals surface area contributed by atoms with Crippen LogP contribution in [0.5, 0.6) is 0 Å². The van der Waals surface area contributed by atoms with Crippen LogP contribution in [-0.2, 0) is 23.1 Å². The summed E-state index contributed by atoms with van der Waals surface area (Å²) < 4.78 is 81.9. The number of benzene rings is 2. The van der Waals surface area contributed by atoms with Crippen LogP contribution in [0.3, 0.4) is 0 Å². The largest absolute Gasteiger partial charge is 0.295 e. The van der Waals surface area contributed by atoms with E-state index in [4.69, 9.17) is 0 Å². The van der Waals surface area contributed by atoms with Crippen molar-refractivity contribution in [2.45, 2.75) is 24.9 Å². The van der Waals surface area contributed by atoms with Crippen molar-refractivity contribution in [3.8, 4) is 0 Å². The summed E-state index contributed by atoms with van der Waals surface area (Å²) in [4.78, 5) is 17.6. The molecule has 0 spiro atoms. The van der Waals surface area contributed by atoms with Gasteiger partial charge in [-0.05, 0) is 12.5 Å². The molecule has 11 heteroatoms. The van der Waals surface area contributed by atoms with Crippen molar-refractivity contribution in [1.29, 1.82) is 0 Å². The monoisotopic (exact) mass is 453 g/mol. The molecule has 1 heterocycles. The molecule has 0 atom stereocenters. The summed E-state index contributed by atoms with van der Waals surface area (Å²) in [6, 6.07) is 6.03. The van der Waals surface area contributed by atoms with Crippen LogP contribution in [0.1, 0.15) is 28.4 Å². The number of nitrogens with zero attached hydrogens (tertiary/aromatic N) is 3. The molecule has 1 aromatic heterocycles. The molecule has 162 valence electrons. The Morgan fingerprint density at radius 2 is 1.48 bits per heavy atom. The van der Waals surface area contributed by atoms with Crippen LogP contribution < -0.4 is 0 Å². The average Bonchev–Trinajstić information content (AvgIpc) is 2.75. The highest BCUT2D eigenvalue weighted by molar-refractivity contribution is 7.89. The summed E-state index contributed by atoms with van der Waals surface area (Å²) in [7, 11) is -4.83. The molecule has 0 unspecified atom stereocenters. The van der Waals surface area contributed by atoms with Gasteiger partial charge in [-0.2, -0.15) is 4.31 Å². The molecule has 0 aliphatic carbocycles. The van der Waals surface area contributed by atoms with Gasteiger partial charge in [0.1, 0.15) is 11.2 Å². The number of halogens is 4. The Bertz CT molecular complexity index is 1220. The predicted octanol–water partition coefficient (Wildman–Crippen LogP) is 3.63. The van der Waals surface area contributed by atoms with Crippen molar-refractivity contribution in [3.63, 3.8) is 0 Å². The minimum absolute atomic E-state index is 0.0937. The normalized spacial score (nSPS) is 11.7. The van der Waals surface area contributed by atoms with Gasteiger partial charge in [0.05, 0.1) is 0 Å². The van der Waals surface area contributed by atoms with E-state index < -0.39 is 38.2 Å². The number of ketones is 1. The maximum Gasteiger partial charge on any atom is 0.246 e. The smallest absolute Gasteiger partial charge is 0.246 e. The van der Waals surface area contributed by atoms with E-state index in [0.29, 0.717) is 16.7 Å². The van der Waals surface area contributed by atoms with Gasteiger partial charge in [-0.15, -0.1) is 0 Å². The summed E-state index contributed by atoms with van der Waals surface area (Å²) in [6.07, 6.45) is 3.85. The highest BCUT2D eigenvalue weighted by Crippen LogP contribution is 2.27. The topological polar surface area (TPSA) is 80.2 Å². The Morgan fingerprint density at radius 1 is 0.903 bits per heavy atom. The van der Waals surface area contributed by atoms with Gasteiger partial charge in [0.15, 0.2) is 29.1 Å². The van der Waals surface area contributed by atoms with E-state index in [0.717, 1.165) is 4.31 Å². The molecule has 0 saturated carbocycles. The zero-order valence-corrected chi connectivity index (χ0v) is 16.8. The second kappa shape index (κ2) is 8.90. The molecule has 0 bridgehead atoms. The van der Waals surface area contributed by atoms with Gasteiger partial charge in [0, 0.05) is 42.7 Å². The highest BCUT2D eigenvalue weighted by Gasteiger charge is 2.32. The van der Waals surface area contributed by atoms with Crippen molar-refractivity contribution < 1.29 is 30.8 Å². The van der Waals surface area contributed by atoms with Crippen LogP contribution in [0.15, 0.2) is 53.9 Å². The van der Waals surface area contributed by atoms with Crippen molar-refractivity contribution in [1.82, 2.24) is 14.3 Å². The molecule has 0 aliphatic heterocycles. The first-order valence-corrected chi connectivity index (χ1v) is 10.2. The first-order valence-electron chi connectivity index (χ1n) is 8.78. The summed E-state index contributed by atoms with van der Waals surface area (Å²) in [6.45, 7) is 0.661. The molecule has 0 N–H and O–H groups in total. The molecule has 0 fully saturated rings. The van der Waals surface area contributed by atoms with Gasteiger partial charge >= 0.3 is 0 Å². The number of aromatic nitrogens is 2. The Labute approximate surface area is 175 Å². The molecular weight excluding hydrogens is 438 g/mol. The second-order valence-electron chi connectivity index (χ2n) is 6.57. The Morgan fingerprint density at radius 3 is 2.06 bits per heavy atom. The summed E-state index contributed by atoms with van der Waals surface area (Å²) in [5.41, 5.74) is 1.12. The SMILES string of the molecule is CC(=O)c1ccc(CN(Cc2cncnc2)S(=O)(=O)c2cc(F)c(F)c(F)c2F)cc1. The lowest BCUT2D eigenvalue weighted by atomic mass is 10.1. The van der Waals surface area contributed by atoms with Crippen LogP contribution in [0.4, 0.5) is 17.6 Å². The first-order chi connectivity index (χ1) is 14.6. The molecule has 3 aromatic rings. The lowest BCUT2D eigenvalue weighted by Gasteiger charge is -2.23. The molecule has 2 aromatic carbocycles. The van der Waals surface area contributed by atoms with E-state index in [1.807, 2.05) is 0 Å². The van der Waals surface area contributed by atoms with E-state index >= 15 is 0 Å². The number of carbonyl (C=O) groups excluding carboxylic acids is 1. The third-order valence-corrected chi connectivity index (χ3v) is 6.17. The van der Waals surface area contributed by atoms with E-state index in [2.05, 4.69) is 9.97 Å². The van der Waals surface area contributed by atoms with Gasteiger partial charge < -0.3 is 0 Å². The standard InChI is InChI=1S/C20H15F4N3O3S/c1-12(28)15-4-2-13(3-5-15)9-27(10-14-7-25-11-26-8-14)31(29,30)17-6-16(21)18(22)20(24)19(17)23/h2-8,11H,9-10H2,1H3. The van der Waals surface area contributed by atoms with Crippen LogP contribution in [0.25, 0.3) is 0 Å². The van der Waals surface area contributed by atoms with Gasteiger partial charge in [-0.3, -0.25) is 4.79 Å². The van der Waals surface area contributed by atoms with Crippen LogP contribution in [-0.4, -0.2) is 28.5 Å². The minimum atomic E-state index is -4.83. The number of hydrogen-bond donors (Lipinski definition) is 0. The number of sulfonamides is 1.